The number of nitrogens with zero attached hydrogens (tertiary/aromatic N) is 1. The lowest BCUT2D eigenvalue weighted by Gasteiger charge is -2.31. The lowest BCUT2D eigenvalue weighted by molar-refractivity contribution is -0.129. The zero-order valence-electron chi connectivity index (χ0n) is 12.8. The highest BCUT2D eigenvalue weighted by Crippen LogP contribution is 2.15. The molecule has 6 heteroatoms. The Morgan fingerprint density at radius 2 is 2.10 bits per heavy atom. The number of carbonyl (C=O) groups is 3. The van der Waals surface area contributed by atoms with E-state index in [0.29, 0.717) is 12.8 Å². The van der Waals surface area contributed by atoms with Crippen LogP contribution in [-0.4, -0.2) is 48.7 Å². The van der Waals surface area contributed by atoms with Gasteiger partial charge in [-0.3, -0.25) is 14.5 Å². The fourth-order valence-corrected chi connectivity index (χ4v) is 2.70. The van der Waals surface area contributed by atoms with Crippen molar-refractivity contribution in [1.82, 2.24) is 10.2 Å². The van der Waals surface area contributed by atoms with Crippen molar-refractivity contribution in [2.24, 2.45) is 5.73 Å². The molecule has 1 saturated heterocycles. The molecule has 0 bridgehead atoms. The standard InChI is InChI=1S/C15H27N3O3/c1-18-10-6-5-8-13(18)15(21)17-12(11-19)7-3-2-4-9-14(16)20/h11-13H,2-10H2,1H3,(H2,16,20)(H,17,21)/t12-,13?/m0/s1. The minimum Gasteiger partial charge on any atom is -0.370 e. The van der Waals surface area contributed by atoms with E-state index >= 15 is 0 Å². The summed E-state index contributed by atoms with van der Waals surface area (Å²) in [6, 6.07) is -0.544. The number of hydrogen-bond acceptors (Lipinski definition) is 4. The summed E-state index contributed by atoms with van der Waals surface area (Å²) in [6.07, 6.45) is 7.21. The number of carbonyl (C=O) groups excluding carboxylic acids is 3. The molecule has 120 valence electrons. The molecule has 1 heterocycles. The number of amides is 2. The number of hydrogen-bond donors (Lipinski definition) is 2. The van der Waals surface area contributed by atoms with Crippen molar-refractivity contribution >= 4 is 18.1 Å². The third-order valence-electron chi connectivity index (χ3n) is 4.00. The normalized spacial score (nSPS) is 20.7. The average Bonchev–Trinajstić information content (AvgIpc) is 2.45. The summed E-state index contributed by atoms with van der Waals surface area (Å²) >= 11 is 0. The van der Waals surface area contributed by atoms with Crippen LogP contribution >= 0.6 is 0 Å². The van der Waals surface area contributed by atoms with Crippen LogP contribution in [0.2, 0.25) is 0 Å². The van der Waals surface area contributed by atoms with E-state index in [4.69, 9.17) is 5.73 Å². The van der Waals surface area contributed by atoms with E-state index < -0.39 is 6.04 Å². The van der Waals surface area contributed by atoms with E-state index in [1.165, 1.54) is 0 Å². The fourth-order valence-electron chi connectivity index (χ4n) is 2.70. The van der Waals surface area contributed by atoms with Crippen molar-refractivity contribution in [2.75, 3.05) is 13.6 Å². The van der Waals surface area contributed by atoms with Crippen molar-refractivity contribution in [3.8, 4) is 0 Å². The van der Waals surface area contributed by atoms with Crippen molar-refractivity contribution in [1.29, 1.82) is 0 Å². The molecule has 21 heavy (non-hydrogen) atoms. The summed E-state index contributed by atoms with van der Waals surface area (Å²) in [6.45, 7) is 0.928. The third-order valence-corrected chi connectivity index (χ3v) is 4.00. The van der Waals surface area contributed by atoms with Gasteiger partial charge in [0.1, 0.15) is 6.29 Å². The lowest BCUT2D eigenvalue weighted by Crippen LogP contribution is -2.50. The first kappa shape index (κ1) is 17.6. The van der Waals surface area contributed by atoms with Crippen LogP contribution in [0.5, 0.6) is 0 Å². The van der Waals surface area contributed by atoms with Crippen LogP contribution in [0, 0.1) is 0 Å². The van der Waals surface area contributed by atoms with E-state index in [1.807, 2.05) is 11.9 Å². The lowest BCUT2D eigenvalue weighted by atomic mass is 10.0. The number of aldehydes is 1. The molecule has 1 unspecified atom stereocenters. The first-order chi connectivity index (χ1) is 10.0. The van der Waals surface area contributed by atoms with E-state index in [2.05, 4.69) is 5.32 Å². The molecule has 0 spiro atoms. The quantitative estimate of drug-likeness (QED) is 0.481. The predicted octanol–water partition coefficient (Wildman–Crippen LogP) is 0.590. The second-order valence-corrected chi connectivity index (χ2v) is 5.81. The number of nitrogens with two attached hydrogens (primary N) is 1. The first-order valence-electron chi connectivity index (χ1n) is 7.78. The third kappa shape index (κ3) is 6.71. The van der Waals surface area contributed by atoms with Crippen LogP contribution in [0.1, 0.15) is 51.4 Å². The van der Waals surface area contributed by atoms with Crippen LogP contribution in [0.25, 0.3) is 0 Å². The van der Waals surface area contributed by atoms with Gasteiger partial charge in [0.2, 0.25) is 11.8 Å². The summed E-state index contributed by atoms with van der Waals surface area (Å²) in [5, 5.41) is 2.83. The molecule has 0 aliphatic carbocycles. The van der Waals surface area contributed by atoms with Gasteiger partial charge in [-0.05, 0) is 39.3 Å². The fraction of sp³-hybridized carbons (Fsp3) is 0.800. The van der Waals surface area contributed by atoms with Crippen LogP contribution in [0.4, 0.5) is 0 Å². The van der Waals surface area contributed by atoms with E-state index in [0.717, 1.165) is 51.4 Å². The number of piperidine rings is 1. The molecular weight excluding hydrogens is 270 g/mol. The predicted molar refractivity (Wildman–Crippen MR) is 80.5 cm³/mol. The first-order valence-corrected chi connectivity index (χ1v) is 7.78. The van der Waals surface area contributed by atoms with Crippen molar-refractivity contribution in [3.63, 3.8) is 0 Å². The maximum Gasteiger partial charge on any atom is 0.237 e. The Hall–Kier alpha value is -1.43. The molecule has 0 saturated carbocycles. The highest BCUT2D eigenvalue weighted by Gasteiger charge is 2.27. The van der Waals surface area contributed by atoms with Crippen LogP contribution in [0.15, 0.2) is 0 Å². The van der Waals surface area contributed by atoms with Crippen molar-refractivity contribution in [2.45, 2.75) is 63.5 Å². The van der Waals surface area contributed by atoms with Gasteiger partial charge in [0.05, 0.1) is 12.1 Å². The smallest absolute Gasteiger partial charge is 0.237 e. The molecule has 0 aromatic rings. The molecule has 1 aliphatic heterocycles. The van der Waals surface area contributed by atoms with Gasteiger partial charge in [0, 0.05) is 6.42 Å². The molecule has 2 amide bonds. The summed E-state index contributed by atoms with van der Waals surface area (Å²) in [5.41, 5.74) is 5.07. The number of likely N-dealkylation sites (N-methyl/N-ethyl adjacent to an activating group) is 1. The Morgan fingerprint density at radius 3 is 2.71 bits per heavy atom. The van der Waals surface area contributed by atoms with E-state index in [9.17, 15) is 14.4 Å². The molecule has 2 atom stereocenters. The van der Waals surface area contributed by atoms with Gasteiger partial charge in [0.25, 0.3) is 0 Å². The molecule has 6 nitrogen and oxygen atoms in total. The monoisotopic (exact) mass is 297 g/mol. The Morgan fingerprint density at radius 1 is 1.33 bits per heavy atom. The minimum atomic E-state index is -0.429. The zero-order valence-corrected chi connectivity index (χ0v) is 12.8. The van der Waals surface area contributed by atoms with Crippen molar-refractivity contribution in [3.05, 3.63) is 0 Å². The highest BCUT2D eigenvalue weighted by molar-refractivity contribution is 5.84. The number of nitrogens with one attached hydrogen (secondary N) is 1. The number of primary amides is 1. The molecule has 1 fully saturated rings. The van der Waals surface area contributed by atoms with E-state index in [-0.39, 0.29) is 17.9 Å². The van der Waals surface area contributed by atoms with Crippen LogP contribution in [-0.2, 0) is 14.4 Å². The Bertz CT molecular complexity index is 360. The largest absolute Gasteiger partial charge is 0.370 e. The second-order valence-electron chi connectivity index (χ2n) is 5.81. The topological polar surface area (TPSA) is 92.5 Å². The highest BCUT2D eigenvalue weighted by atomic mass is 16.2. The van der Waals surface area contributed by atoms with Crippen molar-refractivity contribution < 1.29 is 14.4 Å². The second kappa shape index (κ2) is 9.50. The van der Waals surface area contributed by atoms with Gasteiger partial charge in [-0.15, -0.1) is 0 Å². The van der Waals surface area contributed by atoms with Gasteiger partial charge < -0.3 is 15.8 Å². The zero-order chi connectivity index (χ0) is 15.7. The molecule has 0 aromatic carbocycles. The van der Waals surface area contributed by atoms with Gasteiger partial charge in [-0.1, -0.05) is 19.3 Å². The summed E-state index contributed by atoms with van der Waals surface area (Å²) in [5.74, 6) is -0.345. The Kier molecular flexibility index (Phi) is 7.97. The summed E-state index contributed by atoms with van der Waals surface area (Å²) in [4.78, 5) is 35.9. The number of unbranched alkanes of at least 4 members (excludes halogenated alkanes) is 2. The van der Waals surface area contributed by atoms with Gasteiger partial charge in [-0.25, -0.2) is 0 Å². The molecule has 1 rings (SSSR count). The summed E-state index contributed by atoms with van der Waals surface area (Å²) < 4.78 is 0. The SMILES string of the molecule is CN1CCCCC1C(=O)N[C@H](C=O)CCCCCC(N)=O. The maximum absolute atomic E-state index is 12.2. The Labute approximate surface area is 126 Å². The van der Waals surface area contributed by atoms with E-state index in [1.54, 1.807) is 0 Å². The molecule has 3 N–H and O–H groups in total. The average molecular weight is 297 g/mol. The maximum atomic E-state index is 12.2. The number of likely N-dealkylation sites (tertiary alicyclic amines) is 1. The molecule has 1 aliphatic rings. The molecule has 0 aromatic heterocycles. The van der Waals surface area contributed by atoms with Crippen LogP contribution in [0.3, 0.4) is 0 Å². The molecular formula is C15H27N3O3. The number of rotatable bonds is 9. The van der Waals surface area contributed by atoms with Gasteiger partial charge in [0.15, 0.2) is 0 Å². The van der Waals surface area contributed by atoms with Gasteiger partial charge >= 0.3 is 0 Å². The minimum absolute atomic E-state index is 0.0496. The van der Waals surface area contributed by atoms with Gasteiger partial charge in [-0.2, -0.15) is 0 Å². The van der Waals surface area contributed by atoms with Crippen LogP contribution < -0.4 is 11.1 Å². The summed E-state index contributed by atoms with van der Waals surface area (Å²) in [7, 11) is 1.95. The Balaban J connectivity index is 2.27. The molecule has 0 radical (unpaired) electrons.